The van der Waals surface area contributed by atoms with Crippen LogP contribution in [0.3, 0.4) is 0 Å². The van der Waals surface area contributed by atoms with Crippen molar-refractivity contribution in [1.29, 1.82) is 0 Å². The lowest BCUT2D eigenvalue weighted by Gasteiger charge is -2.43. The highest BCUT2D eigenvalue weighted by molar-refractivity contribution is 6.02. The zero-order chi connectivity index (χ0) is 32.0. The van der Waals surface area contributed by atoms with Crippen molar-refractivity contribution < 1.29 is 19.2 Å². The van der Waals surface area contributed by atoms with Gasteiger partial charge in [0.05, 0.1) is 23.5 Å². The van der Waals surface area contributed by atoms with Gasteiger partial charge in [-0.3, -0.25) is 14.9 Å². The van der Waals surface area contributed by atoms with E-state index < -0.39 is 16.8 Å². The van der Waals surface area contributed by atoms with E-state index in [-0.39, 0.29) is 17.0 Å². The minimum Gasteiger partial charge on any atom is -0.466 e. The summed E-state index contributed by atoms with van der Waals surface area (Å²) in [4.78, 5) is 39.8. The molecule has 1 amide bonds. The molecule has 1 fully saturated rings. The first-order valence-corrected chi connectivity index (χ1v) is 15.4. The van der Waals surface area contributed by atoms with Crippen molar-refractivity contribution in [1.82, 2.24) is 15.5 Å². The zero-order valence-corrected chi connectivity index (χ0v) is 26.0. The van der Waals surface area contributed by atoms with Gasteiger partial charge >= 0.3 is 5.97 Å². The van der Waals surface area contributed by atoms with Crippen molar-refractivity contribution in [2.45, 2.75) is 44.4 Å². The second-order valence-electron chi connectivity index (χ2n) is 11.7. The molecule has 234 valence electrons. The van der Waals surface area contributed by atoms with Gasteiger partial charge in [-0.05, 0) is 69.4 Å². The summed E-state index contributed by atoms with van der Waals surface area (Å²) in [6, 6.07) is 27.5. The third-order valence-electron chi connectivity index (χ3n) is 9.15. The number of nitrogens with zero attached hydrogens (tertiary/aromatic N) is 2. The van der Waals surface area contributed by atoms with Crippen LogP contribution in [0.15, 0.2) is 107 Å². The number of amides is 1. The summed E-state index contributed by atoms with van der Waals surface area (Å²) < 4.78 is 5.07. The first-order chi connectivity index (χ1) is 21.7. The summed E-state index contributed by atoms with van der Waals surface area (Å²) in [7, 11) is 1.30. The third-order valence-corrected chi connectivity index (χ3v) is 9.15. The molecule has 9 heteroatoms. The molecule has 2 N–H and O–H groups in total. The number of esters is 1. The van der Waals surface area contributed by atoms with E-state index in [4.69, 9.17) is 4.74 Å². The lowest BCUT2D eigenvalue weighted by atomic mass is 9.68. The van der Waals surface area contributed by atoms with Crippen LogP contribution in [0.1, 0.15) is 55.7 Å². The van der Waals surface area contributed by atoms with Crippen molar-refractivity contribution >= 4 is 17.6 Å². The Morgan fingerprint density at radius 1 is 0.911 bits per heavy atom. The number of methoxy groups -OCH3 is 1. The number of dihydropyridines is 1. The van der Waals surface area contributed by atoms with Crippen molar-refractivity contribution in [2.24, 2.45) is 0 Å². The molecule has 1 saturated heterocycles. The number of hydrogen-bond donors (Lipinski definition) is 2. The molecule has 0 unspecified atom stereocenters. The number of carbonyl (C=O) groups excluding carboxylic acids is 2. The van der Waals surface area contributed by atoms with Crippen LogP contribution in [-0.2, 0) is 19.7 Å². The molecule has 2 aliphatic rings. The van der Waals surface area contributed by atoms with Gasteiger partial charge in [0.15, 0.2) is 0 Å². The fraction of sp³-hybridized carbons (Fsp3) is 0.333. The Morgan fingerprint density at radius 2 is 1.47 bits per heavy atom. The predicted octanol–water partition coefficient (Wildman–Crippen LogP) is 5.59. The van der Waals surface area contributed by atoms with Gasteiger partial charge in [0.2, 0.25) is 5.91 Å². The number of benzene rings is 3. The molecule has 45 heavy (non-hydrogen) atoms. The van der Waals surface area contributed by atoms with Gasteiger partial charge in [-0.2, -0.15) is 0 Å². The topological polar surface area (TPSA) is 114 Å². The van der Waals surface area contributed by atoms with E-state index >= 15 is 0 Å². The molecule has 0 bridgehead atoms. The predicted molar refractivity (Wildman–Crippen MR) is 173 cm³/mol. The Bertz CT molecular complexity index is 1550. The molecule has 3 aromatic carbocycles. The number of carbonyl (C=O) groups is 2. The van der Waals surface area contributed by atoms with Crippen LogP contribution >= 0.6 is 0 Å². The third kappa shape index (κ3) is 6.68. The average molecular weight is 609 g/mol. The van der Waals surface area contributed by atoms with Crippen LogP contribution in [0, 0.1) is 10.1 Å². The lowest BCUT2D eigenvalue weighted by molar-refractivity contribution is -0.384. The van der Waals surface area contributed by atoms with Gasteiger partial charge in [0.1, 0.15) is 0 Å². The molecule has 2 aliphatic heterocycles. The summed E-state index contributed by atoms with van der Waals surface area (Å²) in [5.74, 6) is -1.58. The number of hydrogen-bond acceptors (Lipinski definition) is 7. The molecule has 0 aromatic heterocycles. The first-order valence-electron chi connectivity index (χ1n) is 15.4. The molecular formula is C36H40N4O5. The molecule has 1 atom stereocenters. The highest BCUT2D eigenvalue weighted by Crippen LogP contribution is 2.42. The lowest BCUT2D eigenvalue weighted by Crippen LogP contribution is -2.44. The first kappa shape index (κ1) is 31.7. The summed E-state index contributed by atoms with van der Waals surface area (Å²) in [5, 5.41) is 17.5. The van der Waals surface area contributed by atoms with Gasteiger partial charge in [-0.15, -0.1) is 0 Å². The highest BCUT2D eigenvalue weighted by atomic mass is 16.6. The quantitative estimate of drug-likeness (QED) is 0.134. The average Bonchev–Trinajstić information content (AvgIpc) is 3.07. The summed E-state index contributed by atoms with van der Waals surface area (Å²) in [6.07, 6.45) is 2.81. The fourth-order valence-electron chi connectivity index (χ4n) is 6.81. The van der Waals surface area contributed by atoms with Crippen LogP contribution in [-0.4, -0.2) is 55.0 Å². The molecule has 5 rings (SSSR count). The Kier molecular flexibility index (Phi) is 9.78. The van der Waals surface area contributed by atoms with E-state index in [2.05, 4.69) is 76.2 Å². The Balaban J connectivity index is 1.24. The molecule has 0 radical (unpaired) electrons. The molecule has 3 aromatic rings. The number of nitro groups is 1. The number of likely N-dealkylation sites (tertiary alicyclic amines) is 1. The Morgan fingerprint density at radius 3 is 2.00 bits per heavy atom. The van der Waals surface area contributed by atoms with Crippen molar-refractivity contribution in [3.63, 3.8) is 0 Å². The van der Waals surface area contributed by atoms with Crippen molar-refractivity contribution in [3.05, 3.63) is 134 Å². The number of rotatable bonds is 10. The smallest absolute Gasteiger partial charge is 0.336 e. The number of ether oxygens (including phenoxy) is 1. The monoisotopic (exact) mass is 608 g/mol. The van der Waals surface area contributed by atoms with E-state index in [1.165, 1.54) is 30.4 Å². The SMILES string of the molecule is COC(=O)C1=C(C)NC(C)=C(C(=O)NCCCN2CCC(c3ccccc3)(c3ccccc3)CC2)[C@@H]1c1ccc([N+](=O)[O-])cc1. The number of allylic oxidation sites excluding steroid dienone is 2. The van der Waals surface area contributed by atoms with Crippen molar-refractivity contribution in [3.8, 4) is 0 Å². The van der Waals surface area contributed by atoms with Gasteiger partial charge < -0.3 is 20.3 Å². The van der Waals surface area contributed by atoms with Gasteiger partial charge in [-0.1, -0.05) is 72.8 Å². The maximum Gasteiger partial charge on any atom is 0.336 e. The van der Waals surface area contributed by atoms with E-state index in [1.54, 1.807) is 26.0 Å². The standard InChI is InChI=1S/C36H40N4O5/c1-25-31(33(32(26(2)38-25)35(42)45-3)27-15-17-30(18-16-27)40(43)44)34(41)37-21-10-22-39-23-19-36(20-24-39,28-11-6-4-7-12-28)29-13-8-5-9-14-29/h4-9,11-18,33,38H,10,19-24H2,1-3H3,(H,37,41)/t33-/m0/s1. The molecule has 0 spiro atoms. The number of non-ortho nitro benzene ring substituents is 1. The van der Waals surface area contributed by atoms with Crippen LogP contribution in [0.5, 0.6) is 0 Å². The van der Waals surface area contributed by atoms with E-state index in [0.717, 1.165) is 38.9 Å². The van der Waals surface area contributed by atoms with Gasteiger partial charge in [-0.25, -0.2) is 4.79 Å². The summed E-state index contributed by atoms with van der Waals surface area (Å²) >= 11 is 0. The van der Waals surface area contributed by atoms with Gasteiger partial charge in [0.25, 0.3) is 5.69 Å². The zero-order valence-electron chi connectivity index (χ0n) is 26.0. The summed E-state index contributed by atoms with van der Waals surface area (Å²) in [6.45, 7) is 6.80. The normalized spacial score (nSPS) is 18.2. The van der Waals surface area contributed by atoms with E-state index in [0.29, 0.717) is 34.6 Å². The Hall–Kier alpha value is -4.76. The Labute approximate surface area is 264 Å². The molecule has 0 saturated carbocycles. The highest BCUT2D eigenvalue weighted by Gasteiger charge is 2.38. The number of nitrogens with one attached hydrogen (secondary N) is 2. The van der Waals surface area contributed by atoms with Crippen LogP contribution in [0.4, 0.5) is 5.69 Å². The minimum atomic E-state index is -0.731. The fourth-order valence-corrected chi connectivity index (χ4v) is 6.81. The van der Waals surface area contributed by atoms with Crippen LogP contribution in [0.25, 0.3) is 0 Å². The second kappa shape index (κ2) is 13.9. The molecule has 9 nitrogen and oxygen atoms in total. The maximum atomic E-state index is 13.7. The number of nitro benzene ring substituents is 1. The summed E-state index contributed by atoms with van der Waals surface area (Å²) in [5.41, 5.74) is 5.11. The van der Waals surface area contributed by atoms with Crippen molar-refractivity contribution in [2.75, 3.05) is 33.3 Å². The maximum absolute atomic E-state index is 13.7. The van der Waals surface area contributed by atoms with E-state index in [1.807, 2.05) is 0 Å². The molecular weight excluding hydrogens is 568 g/mol. The number of piperidine rings is 1. The van der Waals surface area contributed by atoms with Crippen LogP contribution in [0.2, 0.25) is 0 Å². The molecule has 0 aliphatic carbocycles. The molecule has 2 heterocycles. The van der Waals surface area contributed by atoms with E-state index in [9.17, 15) is 19.7 Å². The second-order valence-corrected chi connectivity index (χ2v) is 11.7. The minimum absolute atomic E-state index is 0.0128. The van der Waals surface area contributed by atoms with Gasteiger partial charge in [0, 0.05) is 41.1 Å². The van der Waals surface area contributed by atoms with Crippen LogP contribution < -0.4 is 10.6 Å². The largest absolute Gasteiger partial charge is 0.466 e.